The number of hydrogen-bond donors (Lipinski definition) is 1. The molecule has 1 aromatic rings. The minimum Gasteiger partial charge on any atom is -0.444 e. The van der Waals surface area contributed by atoms with E-state index in [9.17, 15) is 14.4 Å². The number of likely N-dealkylation sites (tertiary alicyclic amines) is 2. The number of rotatable bonds is 1. The third-order valence-electron chi connectivity index (χ3n) is 5.94. The van der Waals surface area contributed by atoms with Crippen molar-refractivity contribution < 1.29 is 19.1 Å². The van der Waals surface area contributed by atoms with Crippen LogP contribution < -0.4 is 0 Å². The molecule has 178 valence electrons. The number of carbonyl (C=O) groups is 3. The van der Waals surface area contributed by atoms with Crippen molar-refractivity contribution in [1.29, 1.82) is 0 Å². The Morgan fingerprint density at radius 1 is 1.03 bits per heavy atom. The molecule has 0 atom stereocenters. The SMILES string of the molecule is CC(C)(C)OC(=O)N1CCC2(CC1)CN(C(=O)N1CCc3n[nH]nc3C1)C2.CN(C)C=O. The highest BCUT2D eigenvalue weighted by Crippen LogP contribution is 2.41. The van der Waals surface area contributed by atoms with Gasteiger partial charge < -0.3 is 24.3 Å². The Balaban J connectivity index is 0.000000523. The summed E-state index contributed by atoms with van der Waals surface area (Å²) in [6.45, 7) is 9.81. The van der Waals surface area contributed by atoms with E-state index in [2.05, 4.69) is 15.4 Å². The van der Waals surface area contributed by atoms with Crippen LogP contribution in [-0.2, 0) is 22.5 Å². The Morgan fingerprint density at radius 2 is 1.62 bits per heavy atom. The van der Waals surface area contributed by atoms with Crippen LogP contribution in [-0.4, -0.2) is 106 Å². The Hall–Kier alpha value is -2.85. The van der Waals surface area contributed by atoms with Gasteiger partial charge in [-0.2, -0.15) is 15.4 Å². The molecule has 2 fully saturated rings. The first kappa shape index (κ1) is 23.8. The molecule has 0 aliphatic carbocycles. The van der Waals surface area contributed by atoms with Gasteiger partial charge in [-0.25, -0.2) is 9.59 Å². The van der Waals surface area contributed by atoms with Crippen molar-refractivity contribution in [3.8, 4) is 0 Å². The van der Waals surface area contributed by atoms with Gasteiger partial charge in [-0.15, -0.1) is 0 Å². The first-order valence-corrected chi connectivity index (χ1v) is 11.0. The maximum absolute atomic E-state index is 12.8. The van der Waals surface area contributed by atoms with E-state index in [0.29, 0.717) is 26.2 Å². The molecule has 0 saturated carbocycles. The molecule has 0 unspecified atom stereocenters. The predicted octanol–water partition coefficient (Wildman–Crippen LogP) is 1.32. The molecule has 0 bridgehead atoms. The number of nitrogens with zero attached hydrogens (tertiary/aromatic N) is 6. The quantitative estimate of drug-likeness (QED) is 0.647. The third-order valence-corrected chi connectivity index (χ3v) is 5.94. The number of fused-ring (bicyclic) bond motifs is 1. The van der Waals surface area contributed by atoms with Gasteiger partial charge in [-0.05, 0) is 33.6 Å². The molecule has 3 aliphatic rings. The topological polar surface area (TPSA) is 115 Å². The van der Waals surface area contributed by atoms with E-state index in [4.69, 9.17) is 4.74 Å². The molecule has 11 heteroatoms. The molecular weight excluding hydrogens is 414 g/mol. The van der Waals surface area contributed by atoms with Crippen molar-refractivity contribution in [1.82, 2.24) is 35.0 Å². The van der Waals surface area contributed by atoms with Crippen molar-refractivity contribution in [2.24, 2.45) is 5.41 Å². The molecule has 1 spiro atoms. The molecule has 2 saturated heterocycles. The maximum Gasteiger partial charge on any atom is 0.410 e. The Kier molecular flexibility index (Phi) is 6.94. The van der Waals surface area contributed by atoms with Gasteiger partial charge >= 0.3 is 12.1 Å². The van der Waals surface area contributed by atoms with Crippen LogP contribution in [0.4, 0.5) is 9.59 Å². The monoisotopic (exact) mass is 449 g/mol. The van der Waals surface area contributed by atoms with E-state index in [0.717, 1.165) is 50.1 Å². The van der Waals surface area contributed by atoms with Crippen LogP contribution >= 0.6 is 0 Å². The number of aromatic nitrogens is 3. The molecule has 32 heavy (non-hydrogen) atoms. The number of piperidine rings is 1. The first-order valence-electron chi connectivity index (χ1n) is 11.0. The zero-order chi connectivity index (χ0) is 23.5. The van der Waals surface area contributed by atoms with Gasteiger partial charge in [0.15, 0.2) is 0 Å². The number of hydrogen-bond acceptors (Lipinski definition) is 6. The van der Waals surface area contributed by atoms with E-state index in [1.54, 1.807) is 19.0 Å². The molecule has 1 N–H and O–H groups in total. The average Bonchev–Trinajstić information content (AvgIpc) is 3.18. The summed E-state index contributed by atoms with van der Waals surface area (Å²) in [5.41, 5.74) is 1.52. The largest absolute Gasteiger partial charge is 0.444 e. The smallest absolute Gasteiger partial charge is 0.410 e. The fraction of sp³-hybridized carbons (Fsp3) is 0.762. The first-order chi connectivity index (χ1) is 15.0. The van der Waals surface area contributed by atoms with E-state index < -0.39 is 5.60 Å². The second-order valence-electron chi connectivity index (χ2n) is 10.1. The molecule has 1 aromatic heterocycles. The normalized spacial score (nSPS) is 19.3. The summed E-state index contributed by atoms with van der Waals surface area (Å²) >= 11 is 0. The van der Waals surface area contributed by atoms with E-state index in [1.165, 1.54) is 4.90 Å². The molecule has 0 aromatic carbocycles. The van der Waals surface area contributed by atoms with Crippen LogP contribution in [0.1, 0.15) is 45.0 Å². The third kappa shape index (κ3) is 5.68. The number of nitrogens with one attached hydrogen (secondary N) is 1. The molecule has 0 radical (unpaired) electrons. The standard InChI is InChI=1S/C18H28N6O3.C3H7NO/c1-17(2,3)27-16(26)22-8-5-18(6-9-22)11-24(12-18)15(25)23-7-4-13-14(10-23)20-21-19-13;1-4(2)3-5/h4-12H2,1-3H3,(H,19,20,21);3H,1-2H3. The van der Waals surface area contributed by atoms with E-state index >= 15 is 0 Å². The lowest BCUT2D eigenvalue weighted by molar-refractivity contribution is -0.115. The van der Waals surface area contributed by atoms with Gasteiger partial charge in [0.1, 0.15) is 11.3 Å². The number of aromatic amines is 1. The van der Waals surface area contributed by atoms with Crippen LogP contribution in [0.15, 0.2) is 0 Å². The summed E-state index contributed by atoms with van der Waals surface area (Å²) in [6, 6.07) is 0.0869. The van der Waals surface area contributed by atoms with Crippen LogP contribution in [0.2, 0.25) is 0 Å². The highest BCUT2D eigenvalue weighted by atomic mass is 16.6. The second kappa shape index (κ2) is 9.33. The fourth-order valence-electron chi connectivity index (χ4n) is 4.17. The maximum atomic E-state index is 12.8. The van der Waals surface area contributed by atoms with Gasteiger partial charge in [0.2, 0.25) is 6.41 Å². The lowest BCUT2D eigenvalue weighted by atomic mass is 9.72. The summed E-state index contributed by atoms with van der Waals surface area (Å²) in [5.74, 6) is 0. The van der Waals surface area contributed by atoms with Crippen molar-refractivity contribution in [2.75, 3.05) is 46.8 Å². The summed E-state index contributed by atoms with van der Waals surface area (Å²) in [6.07, 6.45) is 3.11. The summed E-state index contributed by atoms with van der Waals surface area (Å²) in [4.78, 5) is 41.4. The number of amides is 4. The van der Waals surface area contributed by atoms with Crippen molar-refractivity contribution >= 4 is 18.5 Å². The molecule has 4 amide bonds. The van der Waals surface area contributed by atoms with Crippen LogP contribution in [0.3, 0.4) is 0 Å². The molecule has 3 aliphatic heterocycles. The lowest BCUT2D eigenvalue weighted by Crippen LogP contribution is -2.64. The van der Waals surface area contributed by atoms with E-state index in [1.807, 2.05) is 30.6 Å². The fourth-order valence-corrected chi connectivity index (χ4v) is 4.17. The lowest BCUT2D eigenvalue weighted by Gasteiger charge is -2.54. The summed E-state index contributed by atoms with van der Waals surface area (Å²) < 4.78 is 5.46. The molecular formula is C21H35N7O4. The highest BCUT2D eigenvalue weighted by molar-refractivity contribution is 5.76. The van der Waals surface area contributed by atoms with Gasteiger partial charge in [-0.3, -0.25) is 4.79 Å². The minimum absolute atomic E-state index is 0.0869. The Bertz CT molecular complexity index is 816. The van der Waals surface area contributed by atoms with Crippen molar-refractivity contribution in [2.45, 2.75) is 52.2 Å². The van der Waals surface area contributed by atoms with Gasteiger partial charge in [0.05, 0.1) is 12.2 Å². The zero-order valence-corrected chi connectivity index (χ0v) is 19.8. The predicted molar refractivity (Wildman–Crippen MR) is 117 cm³/mol. The van der Waals surface area contributed by atoms with Crippen molar-refractivity contribution in [3.63, 3.8) is 0 Å². The van der Waals surface area contributed by atoms with Crippen LogP contribution in [0, 0.1) is 5.41 Å². The molecule has 4 rings (SSSR count). The Labute approximate surface area is 189 Å². The van der Waals surface area contributed by atoms with Crippen molar-refractivity contribution in [3.05, 3.63) is 11.4 Å². The summed E-state index contributed by atoms with van der Waals surface area (Å²) in [5, 5.41) is 10.9. The van der Waals surface area contributed by atoms with Gasteiger partial charge in [0.25, 0.3) is 0 Å². The number of carbonyl (C=O) groups excluding carboxylic acids is 3. The number of urea groups is 1. The molecule has 11 nitrogen and oxygen atoms in total. The Morgan fingerprint density at radius 3 is 2.19 bits per heavy atom. The number of H-pyrrole nitrogens is 1. The van der Waals surface area contributed by atoms with Gasteiger partial charge in [-0.1, -0.05) is 0 Å². The van der Waals surface area contributed by atoms with Gasteiger partial charge in [0, 0.05) is 58.7 Å². The van der Waals surface area contributed by atoms with Crippen LogP contribution in [0.5, 0.6) is 0 Å². The summed E-state index contributed by atoms with van der Waals surface area (Å²) in [7, 11) is 3.38. The second-order valence-corrected chi connectivity index (χ2v) is 10.1. The zero-order valence-electron chi connectivity index (χ0n) is 19.8. The molecule has 4 heterocycles. The van der Waals surface area contributed by atoms with Crippen LogP contribution in [0.25, 0.3) is 0 Å². The highest BCUT2D eigenvalue weighted by Gasteiger charge is 2.48. The number of ether oxygens (including phenoxy) is 1. The average molecular weight is 450 g/mol. The minimum atomic E-state index is -0.468. The van der Waals surface area contributed by atoms with E-state index in [-0.39, 0.29) is 17.5 Å².